The molecule has 102 valence electrons. The number of nitrogens with zero attached hydrogens (tertiary/aromatic N) is 2. The molecule has 0 amide bonds. The van der Waals surface area contributed by atoms with Crippen LogP contribution < -0.4 is 0 Å². The molecule has 0 heterocycles. The van der Waals surface area contributed by atoms with Gasteiger partial charge in [0.05, 0.1) is 11.0 Å². The normalized spacial score (nSPS) is 23.6. The van der Waals surface area contributed by atoms with E-state index >= 15 is 0 Å². The second-order valence-electron chi connectivity index (χ2n) is 4.95. The summed E-state index contributed by atoms with van der Waals surface area (Å²) in [5, 5.41) is 20.3. The lowest BCUT2D eigenvalue weighted by atomic mass is 9.87. The van der Waals surface area contributed by atoms with Gasteiger partial charge in [-0.05, 0) is 30.5 Å². The zero-order valence-electron chi connectivity index (χ0n) is 10.7. The van der Waals surface area contributed by atoms with Crippen molar-refractivity contribution >= 4 is 11.9 Å². The van der Waals surface area contributed by atoms with E-state index in [1.54, 1.807) is 18.3 Å². The van der Waals surface area contributed by atoms with Gasteiger partial charge in [-0.1, -0.05) is 12.8 Å². The van der Waals surface area contributed by atoms with Gasteiger partial charge in [0.25, 0.3) is 5.69 Å². The molecule has 5 heteroatoms. The van der Waals surface area contributed by atoms with Crippen molar-refractivity contribution in [3.8, 4) is 0 Å². The van der Waals surface area contributed by atoms with E-state index in [0.717, 1.165) is 31.2 Å². The first kappa shape index (κ1) is 13.7. The highest BCUT2D eigenvalue weighted by Crippen LogP contribution is 2.24. The molecule has 1 N–H and O–H groups in total. The molecular weight excluding hydrogens is 244 g/mol. The van der Waals surface area contributed by atoms with Crippen LogP contribution in [0.5, 0.6) is 0 Å². The van der Waals surface area contributed by atoms with Gasteiger partial charge in [0.15, 0.2) is 0 Å². The van der Waals surface area contributed by atoms with Crippen molar-refractivity contribution in [3.63, 3.8) is 0 Å². The van der Waals surface area contributed by atoms with Gasteiger partial charge in [0.2, 0.25) is 0 Å². The third kappa shape index (κ3) is 3.86. The van der Waals surface area contributed by atoms with Crippen LogP contribution in [0.3, 0.4) is 0 Å². The molecule has 1 aromatic rings. The molecule has 5 nitrogen and oxygen atoms in total. The van der Waals surface area contributed by atoms with Crippen LogP contribution in [0.4, 0.5) is 5.69 Å². The molecule has 0 aliphatic heterocycles. The molecule has 0 unspecified atom stereocenters. The first-order chi connectivity index (χ1) is 9.16. The lowest BCUT2D eigenvalue weighted by Gasteiger charge is -2.25. The van der Waals surface area contributed by atoms with E-state index in [0.29, 0.717) is 6.54 Å². The quantitative estimate of drug-likeness (QED) is 0.514. The monoisotopic (exact) mass is 262 g/mol. The van der Waals surface area contributed by atoms with Crippen LogP contribution in [-0.4, -0.2) is 28.9 Å². The van der Waals surface area contributed by atoms with Gasteiger partial charge in [0, 0.05) is 30.8 Å². The van der Waals surface area contributed by atoms with Gasteiger partial charge in [0.1, 0.15) is 0 Å². The third-order valence-corrected chi connectivity index (χ3v) is 3.55. The number of hydrogen-bond acceptors (Lipinski definition) is 4. The van der Waals surface area contributed by atoms with Gasteiger partial charge in [-0.3, -0.25) is 15.1 Å². The summed E-state index contributed by atoms with van der Waals surface area (Å²) in [6, 6.07) is 6.30. The zero-order valence-corrected chi connectivity index (χ0v) is 10.7. The van der Waals surface area contributed by atoms with Gasteiger partial charge < -0.3 is 5.11 Å². The smallest absolute Gasteiger partial charge is 0.269 e. The Labute approximate surface area is 112 Å². The molecule has 1 fully saturated rings. The summed E-state index contributed by atoms with van der Waals surface area (Å²) in [6.45, 7) is 0.623. The molecule has 0 radical (unpaired) electrons. The minimum atomic E-state index is -0.417. The van der Waals surface area contributed by atoms with E-state index in [9.17, 15) is 15.2 Å². The van der Waals surface area contributed by atoms with Gasteiger partial charge >= 0.3 is 0 Å². The second-order valence-corrected chi connectivity index (χ2v) is 4.95. The molecule has 2 rings (SSSR count). The summed E-state index contributed by atoms with van der Waals surface area (Å²) in [5.41, 5.74) is 0.927. The van der Waals surface area contributed by atoms with E-state index < -0.39 is 4.92 Å². The maximum Gasteiger partial charge on any atom is 0.269 e. The number of nitro groups is 1. The Morgan fingerprint density at radius 3 is 2.63 bits per heavy atom. The lowest BCUT2D eigenvalue weighted by Crippen LogP contribution is -2.26. The average molecular weight is 262 g/mol. The number of rotatable bonds is 4. The van der Waals surface area contributed by atoms with Crippen molar-refractivity contribution in [2.75, 3.05) is 6.54 Å². The van der Waals surface area contributed by atoms with E-state index in [1.165, 1.54) is 12.1 Å². The molecule has 0 bridgehead atoms. The minimum absolute atomic E-state index is 0.0832. The van der Waals surface area contributed by atoms with Crippen molar-refractivity contribution in [2.45, 2.75) is 31.8 Å². The molecule has 0 spiro atoms. The number of aliphatic imine (C=N–C) groups is 1. The Morgan fingerprint density at radius 1 is 1.32 bits per heavy atom. The van der Waals surface area contributed by atoms with Crippen molar-refractivity contribution in [1.29, 1.82) is 0 Å². The van der Waals surface area contributed by atoms with Crippen LogP contribution in [0.1, 0.15) is 31.2 Å². The summed E-state index contributed by atoms with van der Waals surface area (Å²) in [6.07, 6.45) is 5.64. The van der Waals surface area contributed by atoms with Crippen LogP contribution in [0.25, 0.3) is 0 Å². The number of non-ortho nitro benzene ring substituents is 1. The van der Waals surface area contributed by atoms with Gasteiger partial charge in [-0.25, -0.2) is 0 Å². The SMILES string of the molecule is O=[N+]([O-])c1ccc(C=NC[C@@H]2CCCC[C@@H]2O)cc1. The summed E-state index contributed by atoms with van der Waals surface area (Å²) in [5.74, 6) is 0.253. The highest BCUT2D eigenvalue weighted by molar-refractivity contribution is 5.79. The Balaban J connectivity index is 1.89. The number of benzene rings is 1. The van der Waals surface area contributed by atoms with E-state index in [4.69, 9.17) is 0 Å². The fourth-order valence-corrected chi connectivity index (χ4v) is 2.38. The number of aliphatic hydroxyl groups excluding tert-OH is 1. The first-order valence-electron chi connectivity index (χ1n) is 6.59. The van der Waals surface area contributed by atoms with Crippen LogP contribution in [-0.2, 0) is 0 Å². The zero-order chi connectivity index (χ0) is 13.7. The molecule has 0 aromatic heterocycles. The van der Waals surface area contributed by atoms with Crippen molar-refractivity contribution in [3.05, 3.63) is 39.9 Å². The predicted molar refractivity (Wildman–Crippen MR) is 73.5 cm³/mol. The van der Waals surface area contributed by atoms with Crippen molar-refractivity contribution < 1.29 is 10.0 Å². The van der Waals surface area contributed by atoms with Crippen LogP contribution in [0, 0.1) is 16.0 Å². The highest BCUT2D eigenvalue weighted by atomic mass is 16.6. The topological polar surface area (TPSA) is 75.7 Å². The Morgan fingerprint density at radius 2 is 2.00 bits per heavy atom. The molecule has 0 saturated heterocycles. The van der Waals surface area contributed by atoms with Gasteiger partial charge in [-0.15, -0.1) is 0 Å². The Bertz CT molecular complexity index is 456. The predicted octanol–water partition coefficient (Wildman–Crippen LogP) is 2.56. The van der Waals surface area contributed by atoms with Crippen molar-refractivity contribution in [2.24, 2.45) is 10.9 Å². The molecular formula is C14H18N2O3. The molecule has 1 aliphatic carbocycles. The van der Waals surface area contributed by atoms with E-state index in [2.05, 4.69) is 4.99 Å². The average Bonchev–Trinajstić information content (AvgIpc) is 2.41. The largest absolute Gasteiger partial charge is 0.393 e. The van der Waals surface area contributed by atoms with Crippen LogP contribution >= 0.6 is 0 Å². The summed E-state index contributed by atoms with van der Waals surface area (Å²) in [4.78, 5) is 14.4. The Kier molecular flexibility index (Phi) is 4.63. The Hall–Kier alpha value is -1.75. The molecule has 19 heavy (non-hydrogen) atoms. The summed E-state index contributed by atoms with van der Waals surface area (Å²) in [7, 11) is 0. The van der Waals surface area contributed by atoms with Gasteiger partial charge in [-0.2, -0.15) is 0 Å². The molecule has 1 saturated carbocycles. The second kappa shape index (κ2) is 6.43. The van der Waals surface area contributed by atoms with Crippen molar-refractivity contribution in [1.82, 2.24) is 0 Å². The fourth-order valence-electron chi connectivity index (χ4n) is 2.38. The summed E-state index contributed by atoms with van der Waals surface area (Å²) < 4.78 is 0. The molecule has 2 atom stereocenters. The minimum Gasteiger partial charge on any atom is -0.393 e. The summed E-state index contributed by atoms with van der Waals surface area (Å²) >= 11 is 0. The number of nitro benzene ring substituents is 1. The third-order valence-electron chi connectivity index (χ3n) is 3.55. The number of hydrogen-bond donors (Lipinski definition) is 1. The number of aliphatic hydroxyl groups is 1. The molecule has 1 aliphatic rings. The lowest BCUT2D eigenvalue weighted by molar-refractivity contribution is -0.384. The van der Waals surface area contributed by atoms with Crippen LogP contribution in [0.2, 0.25) is 0 Å². The maximum atomic E-state index is 10.5. The van der Waals surface area contributed by atoms with E-state index in [-0.39, 0.29) is 17.7 Å². The highest BCUT2D eigenvalue weighted by Gasteiger charge is 2.21. The van der Waals surface area contributed by atoms with E-state index in [1.807, 2.05) is 0 Å². The molecule has 1 aromatic carbocycles. The standard InChI is InChI=1S/C14H18N2O3/c17-14-4-2-1-3-12(14)10-15-9-11-5-7-13(8-6-11)16(18)19/h5-9,12,14,17H,1-4,10H2/t12-,14-/m0/s1. The van der Waals surface area contributed by atoms with Crippen LogP contribution in [0.15, 0.2) is 29.3 Å². The fraction of sp³-hybridized carbons (Fsp3) is 0.500. The first-order valence-corrected chi connectivity index (χ1v) is 6.59. The maximum absolute atomic E-state index is 10.5.